The van der Waals surface area contributed by atoms with Crippen molar-refractivity contribution in [2.75, 3.05) is 6.54 Å². The van der Waals surface area contributed by atoms with Crippen LogP contribution in [-0.4, -0.2) is 76.5 Å². The molecule has 1 rings (SSSR count). The maximum absolute atomic E-state index is 13.2. The van der Waals surface area contributed by atoms with Gasteiger partial charge in [-0.05, 0) is 30.7 Å². The second-order valence-electron chi connectivity index (χ2n) is 9.51. The molecule has 5 unspecified atom stereocenters. The molecule has 0 aromatic heterocycles. The first-order valence-corrected chi connectivity index (χ1v) is 13.1. The largest absolute Gasteiger partial charge is 0.481 e. The van der Waals surface area contributed by atoms with Crippen molar-refractivity contribution in [3.8, 4) is 0 Å². The Morgan fingerprint density at radius 3 is 2.08 bits per heavy atom. The number of carbonyl (C=O) groups excluding carboxylic acids is 3. The molecule has 0 aliphatic carbocycles. The number of nitrogens with zero attached hydrogens (tertiary/aromatic N) is 1. The molecule has 11 N–H and O–H groups in total. The van der Waals surface area contributed by atoms with E-state index in [0.717, 1.165) is 0 Å². The highest BCUT2D eigenvalue weighted by molar-refractivity contribution is 5.94. The van der Waals surface area contributed by atoms with Crippen molar-refractivity contribution < 1.29 is 34.2 Å². The average Bonchev–Trinajstić information content (AvgIpc) is 2.90. The number of carboxylic acids is 2. The van der Waals surface area contributed by atoms with Crippen LogP contribution >= 0.6 is 0 Å². The molecule has 1 aromatic carbocycles. The fourth-order valence-electron chi connectivity index (χ4n) is 3.73. The second-order valence-corrected chi connectivity index (χ2v) is 9.51. The molecule has 0 bridgehead atoms. The van der Waals surface area contributed by atoms with Crippen molar-refractivity contribution in [3.05, 3.63) is 35.9 Å². The summed E-state index contributed by atoms with van der Waals surface area (Å²) >= 11 is 0. The van der Waals surface area contributed by atoms with Crippen LogP contribution in [0.25, 0.3) is 0 Å². The Morgan fingerprint density at radius 1 is 0.900 bits per heavy atom. The number of hydrogen-bond donors (Lipinski definition) is 8. The maximum Gasteiger partial charge on any atom is 0.326 e. The molecule has 5 atom stereocenters. The van der Waals surface area contributed by atoms with Crippen LogP contribution < -0.4 is 33.2 Å². The summed E-state index contributed by atoms with van der Waals surface area (Å²) in [4.78, 5) is 65.8. The normalized spacial score (nSPS) is 14.5. The Hall–Kier alpha value is -4.20. The molecule has 14 nitrogen and oxygen atoms in total. The second kappa shape index (κ2) is 17.4. The number of nitrogens with two attached hydrogens (primary N) is 3. The molecule has 0 saturated carbocycles. The molecule has 40 heavy (non-hydrogen) atoms. The number of carboxylic acid groups (broad SMARTS) is 2. The van der Waals surface area contributed by atoms with E-state index in [9.17, 15) is 29.1 Å². The van der Waals surface area contributed by atoms with Crippen molar-refractivity contribution in [2.45, 2.75) is 76.5 Å². The summed E-state index contributed by atoms with van der Waals surface area (Å²) < 4.78 is 0. The van der Waals surface area contributed by atoms with Gasteiger partial charge in [-0.3, -0.25) is 24.2 Å². The van der Waals surface area contributed by atoms with Crippen LogP contribution in [0.3, 0.4) is 0 Å². The average molecular weight is 564 g/mol. The molecule has 0 aliphatic rings. The number of amides is 3. The lowest BCUT2D eigenvalue weighted by atomic mass is 9.96. The van der Waals surface area contributed by atoms with Crippen LogP contribution in [0.1, 0.15) is 51.5 Å². The maximum atomic E-state index is 13.2. The lowest BCUT2D eigenvalue weighted by Crippen LogP contribution is -2.59. The van der Waals surface area contributed by atoms with Crippen molar-refractivity contribution in [1.29, 1.82) is 0 Å². The minimum absolute atomic E-state index is 0.0292. The van der Waals surface area contributed by atoms with E-state index in [4.69, 9.17) is 22.3 Å². The highest BCUT2D eigenvalue weighted by Crippen LogP contribution is 2.11. The summed E-state index contributed by atoms with van der Waals surface area (Å²) in [5.41, 5.74) is 17.1. The van der Waals surface area contributed by atoms with Crippen molar-refractivity contribution in [2.24, 2.45) is 28.1 Å². The molecule has 14 heteroatoms. The monoisotopic (exact) mass is 563 g/mol. The highest BCUT2D eigenvalue weighted by Gasteiger charge is 2.33. The van der Waals surface area contributed by atoms with Gasteiger partial charge in [0.05, 0.1) is 6.04 Å². The molecule has 0 fully saturated rings. The number of nitrogens with one attached hydrogen (secondary N) is 3. The molecule has 0 radical (unpaired) electrons. The smallest absolute Gasteiger partial charge is 0.326 e. The predicted octanol–water partition coefficient (Wildman–Crippen LogP) is -0.940. The van der Waals surface area contributed by atoms with E-state index in [1.54, 1.807) is 44.2 Å². The van der Waals surface area contributed by atoms with Crippen LogP contribution in [0.2, 0.25) is 0 Å². The first-order valence-electron chi connectivity index (χ1n) is 13.1. The van der Waals surface area contributed by atoms with E-state index in [1.165, 1.54) is 0 Å². The summed E-state index contributed by atoms with van der Waals surface area (Å²) in [6.45, 7) is 3.75. The molecule has 0 aliphatic heterocycles. The van der Waals surface area contributed by atoms with Crippen molar-refractivity contribution in [3.63, 3.8) is 0 Å². The Labute approximate surface area is 233 Å². The third-order valence-electron chi connectivity index (χ3n) is 6.27. The number of guanidine groups is 1. The zero-order valence-corrected chi connectivity index (χ0v) is 22.8. The van der Waals surface area contributed by atoms with Gasteiger partial charge in [0.1, 0.15) is 18.1 Å². The number of rotatable bonds is 18. The SMILES string of the molecule is CCC(C)C(NC(=O)C(CCC(=O)O)NC(=O)C(N)CCCN=C(N)N)C(=O)NC(Cc1ccccc1)C(=O)O. The molecule has 0 spiro atoms. The standard InChI is InChI=1S/C26H41N7O7/c1-3-15(2)21(24(38)32-19(25(39)40)14-16-8-5-4-6-9-16)33-23(37)18(11-12-20(34)35)31-22(36)17(27)10-7-13-30-26(28)29/h4-6,8-9,15,17-19,21H,3,7,10-14,27H2,1-2H3,(H,31,36)(H,32,38)(H,33,37)(H,34,35)(H,39,40)(H4,28,29,30). The van der Waals surface area contributed by atoms with Gasteiger partial charge in [-0.1, -0.05) is 50.6 Å². The van der Waals surface area contributed by atoms with Crippen molar-refractivity contribution in [1.82, 2.24) is 16.0 Å². The minimum atomic E-state index is -1.30. The van der Waals surface area contributed by atoms with Crippen LogP contribution in [0, 0.1) is 5.92 Å². The molecule has 0 saturated heterocycles. The number of carbonyl (C=O) groups is 5. The Kier molecular flexibility index (Phi) is 14.7. The third-order valence-corrected chi connectivity index (χ3v) is 6.27. The summed E-state index contributed by atoms with van der Waals surface area (Å²) in [6, 6.07) is 4.04. The van der Waals surface area contributed by atoms with Crippen molar-refractivity contribution >= 4 is 35.6 Å². The Balaban J connectivity index is 2.99. The molecular weight excluding hydrogens is 522 g/mol. The van der Waals surface area contributed by atoms with E-state index in [2.05, 4.69) is 20.9 Å². The lowest BCUT2D eigenvalue weighted by molar-refractivity contribution is -0.142. The first kappa shape index (κ1) is 33.8. The highest BCUT2D eigenvalue weighted by atomic mass is 16.4. The number of aliphatic imine (C=N–C) groups is 1. The fourth-order valence-corrected chi connectivity index (χ4v) is 3.73. The van der Waals surface area contributed by atoms with Crippen LogP contribution in [0.4, 0.5) is 0 Å². The van der Waals surface area contributed by atoms with Gasteiger partial charge in [-0.15, -0.1) is 0 Å². The molecular formula is C26H41N7O7. The number of aliphatic carboxylic acids is 2. The number of hydrogen-bond acceptors (Lipinski definition) is 7. The van der Waals surface area contributed by atoms with Crippen LogP contribution in [0.15, 0.2) is 35.3 Å². The fraction of sp³-hybridized carbons (Fsp3) is 0.538. The molecule has 0 heterocycles. The summed E-state index contributed by atoms with van der Waals surface area (Å²) in [5.74, 6) is -5.14. The van der Waals surface area contributed by atoms with Gasteiger partial charge in [-0.2, -0.15) is 0 Å². The topological polar surface area (TPSA) is 252 Å². The zero-order chi connectivity index (χ0) is 30.2. The van der Waals surface area contributed by atoms with E-state index < -0.39 is 66.2 Å². The third kappa shape index (κ3) is 12.6. The molecule has 3 amide bonds. The van der Waals surface area contributed by atoms with Gasteiger partial charge in [0.2, 0.25) is 17.7 Å². The zero-order valence-electron chi connectivity index (χ0n) is 22.8. The van der Waals surface area contributed by atoms with Gasteiger partial charge in [0, 0.05) is 19.4 Å². The summed E-state index contributed by atoms with van der Waals surface area (Å²) in [5, 5.41) is 26.3. The van der Waals surface area contributed by atoms with E-state index in [1.807, 2.05) is 0 Å². The van der Waals surface area contributed by atoms with Crippen LogP contribution in [-0.2, 0) is 30.4 Å². The van der Waals surface area contributed by atoms with E-state index in [0.29, 0.717) is 18.4 Å². The van der Waals surface area contributed by atoms with Crippen LogP contribution in [0.5, 0.6) is 0 Å². The van der Waals surface area contributed by atoms with Gasteiger partial charge >= 0.3 is 11.9 Å². The van der Waals surface area contributed by atoms with E-state index in [-0.39, 0.29) is 31.8 Å². The minimum Gasteiger partial charge on any atom is -0.481 e. The molecule has 222 valence electrons. The van der Waals surface area contributed by atoms with Gasteiger partial charge < -0.3 is 43.4 Å². The van der Waals surface area contributed by atoms with Gasteiger partial charge in [0.25, 0.3) is 0 Å². The quantitative estimate of drug-likeness (QED) is 0.0618. The van der Waals surface area contributed by atoms with E-state index >= 15 is 0 Å². The molecule has 1 aromatic rings. The lowest BCUT2D eigenvalue weighted by Gasteiger charge is -2.28. The number of benzene rings is 1. The Bertz CT molecular complexity index is 1030. The first-order chi connectivity index (χ1) is 18.8. The van der Waals surface area contributed by atoms with Gasteiger partial charge in [0.15, 0.2) is 5.96 Å². The van der Waals surface area contributed by atoms with Gasteiger partial charge in [-0.25, -0.2) is 4.79 Å². The summed E-state index contributed by atoms with van der Waals surface area (Å²) in [7, 11) is 0. The Morgan fingerprint density at radius 2 is 1.52 bits per heavy atom. The summed E-state index contributed by atoms with van der Waals surface area (Å²) in [6.07, 6.45) is 0.391. The predicted molar refractivity (Wildman–Crippen MR) is 148 cm³/mol.